The van der Waals surface area contributed by atoms with E-state index in [0.717, 1.165) is 5.75 Å². The lowest BCUT2D eigenvalue weighted by atomic mass is 9.95. The summed E-state index contributed by atoms with van der Waals surface area (Å²) in [6.45, 7) is 2.21. The summed E-state index contributed by atoms with van der Waals surface area (Å²) >= 11 is 1.88. The van der Waals surface area contributed by atoms with E-state index < -0.39 is 5.97 Å². The second kappa shape index (κ2) is 4.27. The molecule has 1 aromatic rings. The Kier molecular flexibility index (Phi) is 3.00. The van der Waals surface area contributed by atoms with Gasteiger partial charge in [0.2, 0.25) is 0 Å². The van der Waals surface area contributed by atoms with Crippen molar-refractivity contribution in [3.63, 3.8) is 0 Å². The van der Waals surface area contributed by atoms with Crippen molar-refractivity contribution >= 4 is 17.7 Å². The number of hydrogen-bond donors (Lipinski definition) is 1. The summed E-state index contributed by atoms with van der Waals surface area (Å²) in [6.07, 6.45) is 0.886. The van der Waals surface area contributed by atoms with Crippen LogP contribution in [0.15, 0.2) is 23.1 Å². The van der Waals surface area contributed by atoms with Gasteiger partial charge in [-0.2, -0.15) is 0 Å². The molecule has 0 radical (unpaired) electrons. The van der Waals surface area contributed by atoms with Crippen LogP contribution in [-0.4, -0.2) is 16.8 Å². The van der Waals surface area contributed by atoms with Crippen LogP contribution in [0.2, 0.25) is 0 Å². The molecular weight excluding hydrogens is 208 g/mol. The number of carboxylic acid groups (broad SMARTS) is 1. The topological polar surface area (TPSA) is 37.3 Å². The molecule has 0 fully saturated rings. The van der Waals surface area contributed by atoms with E-state index in [1.165, 1.54) is 16.0 Å². The third-order valence-electron chi connectivity index (χ3n) is 2.75. The summed E-state index contributed by atoms with van der Waals surface area (Å²) in [5.74, 6) is 0.972. The zero-order valence-corrected chi connectivity index (χ0v) is 9.51. The first-order valence-electron chi connectivity index (χ1n) is 5.15. The van der Waals surface area contributed by atoms with Crippen molar-refractivity contribution in [2.75, 3.05) is 5.75 Å². The molecule has 1 unspecified atom stereocenters. The molecule has 0 amide bonds. The Labute approximate surface area is 93.7 Å². The molecule has 1 aromatic carbocycles. The van der Waals surface area contributed by atoms with E-state index in [1.807, 2.05) is 17.8 Å². The minimum absolute atomic E-state index is 0.230. The number of rotatable bonds is 3. The molecule has 0 aliphatic carbocycles. The quantitative estimate of drug-likeness (QED) is 0.854. The molecule has 1 aliphatic heterocycles. The lowest BCUT2D eigenvalue weighted by molar-refractivity contribution is -0.136. The molecular formula is C12H14O2S. The summed E-state index contributed by atoms with van der Waals surface area (Å²) in [7, 11) is 0. The third kappa shape index (κ3) is 2.17. The van der Waals surface area contributed by atoms with E-state index in [-0.39, 0.29) is 6.42 Å². The fraction of sp³-hybridized carbons (Fsp3) is 0.417. The Bertz CT molecular complexity index is 387. The molecule has 2 nitrogen and oxygen atoms in total. The van der Waals surface area contributed by atoms with Crippen LogP contribution >= 0.6 is 11.8 Å². The van der Waals surface area contributed by atoms with Crippen molar-refractivity contribution < 1.29 is 9.90 Å². The summed E-state index contributed by atoms with van der Waals surface area (Å²) in [5, 5.41) is 8.68. The first-order chi connectivity index (χ1) is 7.18. The van der Waals surface area contributed by atoms with Gasteiger partial charge < -0.3 is 5.11 Å². The molecule has 0 aromatic heterocycles. The molecule has 1 N–H and O–H groups in total. The normalized spacial score (nSPS) is 18.9. The molecule has 0 bridgehead atoms. The van der Waals surface area contributed by atoms with Gasteiger partial charge in [0.05, 0.1) is 0 Å². The molecule has 0 saturated carbocycles. The smallest absolute Gasteiger partial charge is 0.303 e. The molecule has 0 spiro atoms. The molecule has 1 heterocycles. The number of hydrogen-bond acceptors (Lipinski definition) is 2. The fourth-order valence-electron chi connectivity index (χ4n) is 2.03. The average Bonchev–Trinajstić information content (AvgIpc) is 2.58. The molecule has 0 saturated heterocycles. The standard InChI is InChI=1S/C12H14O2S/c1-8-7-15-10-4-2-3-9(12(8)10)5-6-11(13)14/h2-4,8H,5-7H2,1H3,(H,13,14). The average molecular weight is 222 g/mol. The number of fused-ring (bicyclic) bond motifs is 1. The van der Waals surface area contributed by atoms with E-state index >= 15 is 0 Å². The van der Waals surface area contributed by atoms with Crippen LogP contribution < -0.4 is 0 Å². The van der Waals surface area contributed by atoms with Crippen molar-refractivity contribution in [2.24, 2.45) is 0 Å². The molecule has 3 heteroatoms. The fourth-order valence-corrected chi connectivity index (χ4v) is 3.29. The van der Waals surface area contributed by atoms with Crippen molar-refractivity contribution in [3.8, 4) is 0 Å². The third-order valence-corrected chi connectivity index (χ3v) is 4.08. The number of benzene rings is 1. The summed E-state index contributed by atoms with van der Waals surface area (Å²) in [4.78, 5) is 11.9. The minimum Gasteiger partial charge on any atom is -0.481 e. The van der Waals surface area contributed by atoms with Crippen molar-refractivity contribution in [3.05, 3.63) is 29.3 Å². The zero-order valence-electron chi connectivity index (χ0n) is 8.69. The maximum Gasteiger partial charge on any atom is 0.303 e. The van der Waals surface area contributed by atoms with Crippen LogP contribution in [0, 0.1) is 0 Å². The lowest BCUT2D eigenvalue weighted by Gasteiger charge is -2.10. The molecule has 2 rings (SSSR count). The Morgan fingerprint density at radius 1 is 1.60 bits per heavy atom. The van der Waals surface area contributed by atoms with E-state index in [1.54, 1.807) is 0 Å². The van der Waals surface area contributed by atoms with Gasteiger partial charge in [-0.05, 0) is 29.5 Å². The van der Waals surface area contributed by atoms with Crippen LogP contribution in [0.4, 0.5) is 0 Å². The highest BCUT2D eigenvalue weighted by atomic mass is 32.2. The second-order valence-electron chi connectivity index (χ2n) is 3.93. The van der Waals surface area contributed by atoms with Gasteiger partial charge in [0.25, 0.3) is 0 Å². The number of aliphatic carboxylic acids is 1. The highest BCUT2D eigenvalue weighted by Gasteiger charge is 2.22. The van der Waals surface area contributed by atoms with E-state index in [0.29, 0.717) is 12.3 Å². The van der Waals surface area contributed by atoms with Gasteiger partial charge in [0.15, 0.2) is 0 Å². The first-order valence-corrected chi connectivity index (χ1v) is 6.13. The predicted molar refractivity (Wildman–Crippen MR) is 61.5 cm³/mol. The molecule has 15 heavy (non-hydrogen) atoms. The van der Waals surface area contributed by atoms with Crippen molar-refractivity contribution in [1.82, 2.24) is 0 Å². The second-order valence-corrected chi connectivity index (χ2v) is 5.00. The van der Waals surface area contributed by atoms with Gasteiger partial charge >= 0.3 is 5.97 Å². The largest absolute Gasteiger partial charge is 0.481 e. The van der Waals surface area contributed by atoms with Crippen LogP contribution in [0.25, 0.3) is 0 Å². The Morgan fingerprint density at radius 3 is 3.13 bits per heavy atom. The van der Waals surface area contributed by atoms with Crippen LogP contribution in [-0.2, 0) is 11.2 Å². The number of aryl methyl sites for hydroxylation is 1. The Balaban J connectivity index is 2.24. The van der Waals surface area contributed by atoms with Gasteiger partial charge in [-0.15, -0.1) is 11.8 Å². The summed E-state index contributed by atoms with van der Waals surface area (Å²) < 4.78 is 0. The van der Waals surface area contributed by atoms with Crippen LogP contribution in [0.3, 0.4) is 0 Å². The maximum atomic E-state index is 10.5. The van der Waals surface area contributed by atoms with Gasteiger partial charge in [0.1, 0.15) is 0 Å². The predicted octanol–water partition coefficient (Wildman–Crippen LogP) is 2.91. The number of carbonyl (C=O) groups is 1. The zero-order chi connectivity index (χ0) is 10.8. The number of thioether (sulfide) groups is 1. The Morgan fingerprint density at radius 2 is 2.40 bits per heavy atom. The van der Waals surface area contributed by atoms with Gasteiger partial charge in [0, 0.05) is 17.1 Å². The first kappa shape index (κ1) is 10.6. The van der Waals surface area contributed by atoms with Gasteiger partial charge in [-0.3, -0.25) is 4.79 Å². The number of carboxylic acids is 1. The lowest BCUT2D eigenvalue weighted by Crippen LogP contribution is -2.02. The highest BCUT2D eigenvalue weighted by molar-refractivity contribution is 7.99. The van der Waals surface area contributed by atoms with Gasteiger partial charge in [-0.1, -0.05) is 19.1 Å². The van der Waals surface area contributed by atoms with Crippen LogP contribution in [0.5, 0.6) is 0 Å². The van der Waals surface area contributed by atoms with E-state index in [2.05, 4.69) is 19.1 Å². The SMILES string of the molecule is CC1CSc2cccc(CCC(=O)O)c21. The Hall–Kier alpha value is -0.960. The van der Waals surface area contributed by atoms with Crippen molar-refractivity contribution in [1.29, 1.82) is 0 Å². The van der Waals surface area contributed by atoms with E-state index in [4.69, 9.17) is 5.11 Å². The minimum atomic E-state index is -0.717. The highest BCUT2D eigenvalue weighted by Crippen LogP contribution is 2.41. The maximum absolute atomic E-state index is 10.5. The van der Waals surface area contributed by atoms with E-state index in [9.17, 15) is 4.79 Å². The molecule has 1 aliphatic rings. The van der Waals surface area contributed by atoms with Crippen LogP contribution in [0.1, 0.15) is 30.4 Å². The molecule has 80 valence electrons. The monoisotopic (exact) mass is 222 g/mol. The van der Waals surface area contributed by atoms with Crippen molar-refractivity contribution in [2.45, 2.75) is 30.6 Å². The summed E-state index contributed by atoms with van der Waals surface area (Å²) in [6, 6.07) is 6.22. The summed E-state index contributed by atoms with van der Waals surface area (Å²) in [5.41, 5.74) is 2.59. The molecule has 1 atom stereocenters. The van der Waals surface area contributed by atoms with Gasteiger partial charge in [-0.25, -0.2) is 0 Å².